The number of carbonyl (C=O) groups is 1. The van der Waals surface area contributed by atoms with E-state index in [9.17, 15) is 33.3 Å². The van der Waals surface area contributed by atoms with Gasteiger partial charge in [-0.05, 0) is 47.4 Å². The van der Waals surface area contributed by atoms with Gasteiger partial charge >= 0.3 is 0 Å². The lowest BCUT2D eigenvalue weighted by molar-refractivity contribution is -0.344. The van der Waals surface area contributed by atoms with Crippen molar-refractivity contribution in [2.75, 3.05) is 13.2 Å². The Hall–Kier alpha value is -3.88. The summed E-state index contributed by atoms with van der Waals surface area (Å²) < 4.78 is 54.6. The van der Waals surface area contributed by atoms with Gasteiger partial charge < -0.3 is 30.5 Å². The Balaban J connectivity index is 1.45. The number of amides is 1. The molecule has 2 aliphatic rings. The van der Waals surface area contributed by atoms with Crippen molar-refractivity contribution < 1.29 is 42.8 Å². The molecule has 0 unspecified atom stereocenters. The van der Waals surface area contributed by atoms with Crippen molar-refractivity contribution in [2.24, 2.45) is 5.73 Å². The Labute approximate surface area is 237 Å². The summed E-state index contributed by atoms with van der Waals surface area (Å²) in [7, 11) is 0. The molecule has 42 heavy (non-hydrogen) atoms. The van der Waals surface area contributed by atoms with E-state index in [2.05, 4.69) is 10.3 Å². The van der Waals surface area contributed by atoms with Gasteiger partial charge in [-0.1, -0.05) is 35.5 Å². The van der Waals surface area contributed by atoms with Crippen molar-refractivity contribution in [1.29, 1.82) is 0 Å². The SMILES string of the molecule is Cc1c([C@H]2CCO[C@]23O[C@H](CO)[C@H](O)[C@H](n2cc(-c4cc(F)c(F)c(F)c4)nn2)[C@H]3O)cc2ccccc2c1C(N)=O. The van der Waals surface area contributed by atoms with Gasteiger partial charge in [0.15, 0.2) is 17.5 Å². The zero-order valence-electron chi connectivity index (χ0n) is 22.2. The molecule has 6 rings (SSSR count). The number of nitrogens with zero attached hydrogens (tertiary/aromatic N) is 3. The lowest BCUT2D eigenvalue weighted by atomic mass is 9.77. The van der Waals surface area contributed by atoms with E-state index in [1.165, 1.54) is 6.20 Å². The maximum atomic E-state index is 13.9. The van der Waals surface area contributed by atoms with E-state index in [1.807, 2.05) is 18.2 Å². The number of benzene rings is 3. The topological polar surface area (TPSA) is 153 Å². The molecule has 0 bridgehead atoms. The first-order valence-electron chi connectivity index (χ1n) is 13.2. The molecule has 2 fully saturated rings. The molecule has 6 atom stereocenters. The molecule has 2 aliphatic heterocycles. The van der Waals surface area contributed by atoms with Crippen LogP contribution in [0.1, 0.15) is 39.9 Å². The van der Waals surface area contributed by atoms with Crippen LogP contribution in [0.3, 0.4) is 0 Å². The van der Waals surface area contributed by atoms with E-state index in [1.54, 1.807) is 19.1 Å². The Bertz CT molecular complexity index is 1680. The lowest BCUT2D eigenvalue weighted by Crippen LogP contribution is -2.64. The highest BCUT2D eigenvalue weighted by molar-refractivity contribution is 6.08. The third kappa shape index (κ3) is 4.27. The predicted octanol–water partition coefficient (Wildman–Crippen LogP) is 2.48. The first kappa shape index (κ1) is 28.2. The number of carbonyl (C=O) groups excluding carboxylic acids is 1. The number of primary amides is 1. The molecule has 0 radical (unpaired) electrons. The molecule has 1 spiro atoms. The third-order valence-electron chi connectivity index (χ3n) is 8.27. The molecule has 1 amide bonds. The van der Waals surface area contributed by atoms with Crippen LogP contribution in [0.2, 0.25) is 0 Å². The van der Waals surface area contributed by atoms with Crippen LogP contribution < -0.4 is 5.73 Å². The van der Waals surface area contributed by atoms with Gasteiger partial charge in [-0.2, -0.15) is 0 Å². The van der Waals surface area contributed by atoms with Crippen LogP contribution in [0, 0.1) is 24.4 Å². The number of nitrogens with two attached hydrogens (primary N) is 1. The number of aromatic nitrogens is 3. The summed E-state index contributed by atoms with van der Waals surface area (Å²) in [4.78, 5) is 12.6. The largest absolute Gasteiger partial charge is 0.394 e. The average Bonchev–Trinajstić information content (AvgIpc) is 3.61. The highest BCUT2D eigenvalue weighted by Crippen LogP contribution is 2.51. The fourth-order valence-electron chi connectivity index (χ4n) is 6.30. The van der Waals surface area contributed by atoms with Crippen LogP contribution in [0.5, 0.6) is 0 Å². The summed E-state index contributed by atoms with van der Waals surface area (Å²) in [5, 5.41) is 42.4. The summed E-state index contributed by atoms with van der Waals surface area (Å²) in [6.07, 6.45) is -2.79. The molecule has 3 aromatic carbocycles. The molecule has 13 heteroatoms. The number of halogens is 3. The van der Waals surface area contributed by atoms with Crippen LogP contribution in [0.4, 0.5) is 13.2 Å². The second-order valence-corrected chi connectivity index (χ2v) is 10.6. The standard InChI is InChI=1S/C29H27F3N4O6/c1-13-17(8-14-4-2-3-5-16(14)23(13)28(33)40)18-6-7-41-29(18)27(39)25(26(38)22(12-37)42-29)36-11-21(34-35-36)15-9-19(30)24(32)20(31)10-15/h2-5,8-11,18,22,25-27,37-39H,6-7,12H2,1H3,(H2,33,40)/t18-,22-,25+,26+,27-,29+/m1/s1. The van der Waals surface area contributed by atoms with E-state index >= 15 is 0 Å². The zero-order chi connectivity index (χ0) is 29.9. The monoisotopic (exact) mass is 584 g/mol. The minimum Gasteiger partial charge on any atom is -0.394 e. The summed E-state index contributed by atoms with van der Waals surface area (Å²) in [5.41, 5.74) is 7.10. The molecule has 0 aliphatic carbocycles. The van der Waals surface area contributed by atoms with Crippen LogP contribution in [-0.4, -0.2) is 73.5 Å². The first-order chi connectivity index (χ1) is 20.1. The maximum absolute atomic E-state index is 13.9. The van der Waals surface area contributed by atoms with Gasteiger partial charge in [0.25, 0.3) is 0 Å². The van der Waals surface area contributed by atoms with E-state index < -0.39 is 66.0 Å². The highest BCUT2D eigenvalue weighted by atomic mass is 19.2. The predicted molar refractivity (Wildman–Crippen MR) is 142 cm³/mol. The molecule has 3 heterocycles. The van der Waals surface area contributed by atoms with Gasteiger partial charge in [-0.15, -0.1) is 5.10 Å². The molecule has 220 valence electrons. The number of aliphatic hydroxyl groups is 3. The molecule has 4 aromatic rings. The summed E-state index contributed by atoms with van der Waals surface area (Å²) in [6.45, 7) is 1.22. The number of ether oxygens (including phenoxy) is 2. The van der Waals surface area contributed by atoms with Crippen LogP contribution in [0.15, 0.2) is 48.7 Å². The fraction of sp³-hybridized carbons (Fsp3) is 0.345. The normalized spacial score (nSPS) is 27.6. The number of hydrogen-bond donors (Lipinski definition) is 4. The van der Waals surface area contributed by atoms with Crippen molar-refractivity contribution in [3.8, 4) is 11.3 Å². The van der Waals surface area contributed by atoms with Crippen molar-refractivity contribution >= 4 is 16.7 Å². The van der Waals surface area contributed by atoms with Gasteiger partial charge in [0.1, 0.15) is 30.0 Å². The Kier molecular flexibility index (Phi) is 7.02. The van der Waals surface area contributed by atoms with E-state index in [4.69, 9.17) is 15.2 Å². The van der Waals surface area contributed by atoms with Crippen molar-refractivity contribution in [1.82, 2.24) is 15.0 Å². The number of aliphatic hydroxyl groups excluding tert-OH is 3. The maximum Gasteiger partial charge on any atom is 0.249 e. The molecular formula is C29H27F3N4O6. The summed E-state index contributed by atoms with van der Waals surface area (Å²) in [5.74, 6) is -7.60. The zero-order valence-corrected chi connectivity index (χ0v) is 22.2. The smallest absolute Gasteiger partial charge is 0.249 e. The summed E-state index contributed by atoms with van der Waals surface area (Å²) in [6, 6.07) is 9.28. The third-order valence-corrected chi connectivity index (χ3v) is 8.27. The van der Waals surface area contributed by atoms with E-state index in [0.717, 1.165) is 22.2 Å². The van der Waals surface area contributed by atoms with Crippen LogP contribution >= 0.6 is 0 Å². The second-order valence-electron chi connectivity index (χ2n) is 10.6. The van der Waals surface area contributed by atoms with Crippen LogP contribution in [-0.2, 0) is 9.47 Å². The number of fused-ring (bicyclic) bond motifs is 1. The Morgan fingerprint density at radius 1 is 1.17 bits per heavy atom. The molecular weight excluding hydrogens is 557 g/mol. The van der Waals surface area contributed by atoms with Crippen molar-refractivity contribution in [2.45, 2.75) is 49.4 Å². The summed E-state index contributed by atoms with van der Waals surface area (Å²) >= 11 is 0. The average molecular weight is 585 g/mol. The quantitative estimate of drug-likeness (QED) is 0.261. The van der Waals surface area contributed by atoms with Crippen molar-refractivity contribution in [3.05, 3.63) is 82.8 Å². The van der Waals surface area contributed by atoms with Gasteiger partial charge in [0.05, 0.1) is 25.0 Å². The van der Waals surface area contributed by atoms with Gasteiger partial charge in [-0.3, -0.25) is 4.79 Å². The molecule has 2 saturated heterocycles. The van der Waals surface area contributed by atoms with E-state index in [-0.39, 0.29) is 17.9 Å². The molecule has 5 N–H and O–H groups in total. The van der Waals surface area contributed by atoms with Gasteiger partial charge in [-0.25, -0.2) is 17.9 Å². The molecule has 0 saturated carbocycles. The van der Waals surface area contributed by atoms with Gasteiger partial charge in [0.2, 0.25) is 11.7 Å². The Morgan fingerprint density at radius 2 is 1.88 bits per heavy atom. The molecule has 1 aromatic heterocycles. The van der Waals surface area contributed by atoms with Gasteiger partial charge in [0, 0.05) is 11.5 Å². The highest BCUT2D eigenvalue weighted by Gasteiger charge is 2.62. The fourth-order valence-corrected chi connectivity index (χ4v) is 6.30. The first-order valence-corrected chi connectivity index (χ1v) is 13.2. The minimum atomic E-state index is -1.81. The molecule has 10 nitrogen and oxygen atoms in total. The second kappa shape index (κ2) is 10.4. The van der Waals surface area contributed by atoms with E-state index in [0.29, 0.717) is 28.5 Å². The number of hydrogen-bond acceptors (Lipinski definition) is 8. The minimum absolute atomic E-state index is 0.0614. The van der Waals surface area contributed by atoms with Crippen molar-refractivity contribution in [3.63, 3.8) is 0 Å². The number of rotatable bonds is 5. The lowest BCUT2D eigenvalue weighted by Gasteiger charge is -2.50. The van der Waals surface area contributed by atoms with Crippen LogP contribution in [0.25, 0.3) is 22.0 Å². The Morgan fingerprint density at radius 3 is 2.57 bits per heavy atom.